The second-order valence-corrected chi connectivity index (χ2v) is 6.00. The quantitative estimate of drug-likeness (QED) is 0.918. The van der Waals surface area contributed by atoms with Crippen molar-refractivity contribution in [3.63, 3.8) is 0 Å². The number of hydrogen-bond acceptors (Lipinski definition) is 4. The molecule has 20 heavy (non-hydrogen) atoms. The molecule has 1 aliphatic carbocycles. The third kappa shape index (κ3) is 2.80. The highest BCUT2D eigenvalue weighted by atomic mass is 32.1. The van der Waals surface area contributed by atoms with E-state index in [0.29, 0.717) is 5.01 Å². The molecule has 3 rings (SSSR count). The lowest BCUT2D eigenvalue weighted by Crippen LogP contribution is -2.19. The summed E-state index contributed by atoms with van der Waals surface area (Å²) in [5.74, 6) is -0.183. The summed E-state index contributed by atoms with van der Waals surface area (Å²) >= 11 is 1.17. The first kappa shape index (κ1) is 13.1. The second kappa shape index (κ2) is 5.58. The van der Waals surface area contributed by atoms with Crippen LogP contribution in [0.5, 0.6) is 0 Å². The normalized spacial score (nSPS) is 15.6. The van der Waals surface area contributed by atoms with Crippen molar-refractivity contribution in [2.75, 3.05) is 0 Å². The van der Waals surface area contributed by atoms with Crippen molar-refractivity contribution in [2.24, 2.45) is 5.92 Å². The van der Waals surface area contributed by atoms with Crippen LogP contribution >= 0.6 is 11.3 Å². The van der Waals surface area contributed by atoms with Crippen LogP contribution in [-0.2, 0) is 6.54 Å². The van der Waals surface area contributed by atoms with E-state index in [0.717, 1.165) is 18.2 Å². The minimum Gasteiger partial charge on any atom is -0.477 e. The van der Waals surface area contributed by atoms with Crippen LogP contribution in [0.2, 0.25) is 0 Å². The molecule has 5 nitrogen and oxygen atoms in total. The van der Waals surface area contributed by atoms with Gasteiger partial charge in [-0.1, -0.05) is 6.42 Å². The van der Waals surface area contributed by atoms with E-state index in [1.165, 1.54) is 36.8 Å². The van der Waals surface area contributed by atoms with E-state index >= 15 is 0 Å². The molecule has 0 atom stereocenters. The smallest absolute Gasteiger partial charge is 0.347 e. The first-order chi connectivity index (χ1) is 9.72. The largest absolute Gasteiger partial charge is 0.477 e. The number of aromatic carboxylic acids is 1. The van der Waals surface area contributed by atoms with Gasteiger partial charge in [0.1, 0.15) is 9.88 Å². The van der Waals surface area contributed by atoms with Crippen molar-refractivity contribution >= 4 is 29.5 Å². The second-order valence-electron chi connectivity index (χ2n) is 4.94. The Kier molecular flexibility index (Phi) is 3.64. The van der Waals surface area contributed by atoms with Crippen molar-refractivity contribution in [3.05, 3.63) is 34.0 Å². The van der Waals surface area contributed by atoms with Crippen molar-refractivity contribution in [1.82, 2.24) is 14.8 Å². The third-order valence-electron chi connectivity index (χ3n) is 3.54. The van der Waals surface area contributed by atoms with E-state index in [1.807, 2.05) is 22.9 Å². The molecule has 1 N–H and O–H groups in total. The minimum absolute atomic E-state index is 0.257. The van der Waals surface area contributed by atoms with Gasteiger partial charge in [0.05, 0.1) is 11.9 Å². The van der Waals surface area contributed by atoms with Crippen LogP contribution in [-0.4, -0.2) is 25.8 Å². The fourth-order valence-corrected chi connectivity index (χ4v) is 2.84. The van der Waals surface area contributed by atoms with Crippen LogP contribution in [0.4, 0.5) is 0 Å². The number of carboxylic acids is 1. The van der Waals surface area contributed by atoms with Gasteiger partial charge < -0.3 is 5.11 Å². The molecule has 0 spiro atoms. The number of thiazole rings is 1. The fourth-order valence-electron chi connectivity index (χ4n) is 2.18. The summed E-state index contributed by atoms with van der Waals surface area (Å²) in [5, 5.41) is 13.9. The molecule has 0 aliphatic heterocycles. The highest BCUT2D eigenvalue weighted by molar-refractivity contribution is 7.14. The number of aromatic nitrogens is 3. The maximum Gasteiger partial charge on any atom is 0.347 e. The summed E-state index contributed by atoms with van der Waals surface area (Å²) in [6.45, 7) is 0.963. The lowest BCUT2D eigenvalue weighted by molar-refractivity contribution is 0.0702. The highest BCUT2D eigenvalue weighted by Crippen LogP contribution is 2.28. The number of nitrogens with zero attached hydrogens (tertiary/aromatic N) is 3. The van der Waals surface area contributed by atoms with Crippen LogP contribution in [0.15, 0.2) is 18.5 Å². The zero-order chi connectivity index (χ0) is 13.9. The van der Waals surface area contributed by atoms with Crippen molar-refractivity contribution in [3.8, 4) is 0 Å². The highest BCUT2D eigenvalue weighted by Gasteiger charge is 2.18. The number of rotatable bonds is 5. The monoisotopic (exact) mass is 289 g/mol. The molecular weight excluding hydrogens is 274 g/mol. The maximum absolute atomic E-state index is 10.8. The predicted molar refractivity (Wildman–Crippen MR) is 77.6 cm³/mol. The number of hydrogen-bond donors (Lipinski definition) is 1. The standard InChI is InChI=1S/C14H15N3O2S/c18-14(19)12-8-15-13(20-12)5-4-11-6-7-16-17(11)9-10-2-1-3-10/h4-8,10H,1-3,9H2,(H,18,19)/b5-4+. The van der Waals surface area contributed by atoms with Crippen LogP contribution in [0.25, 0.3) is 12.2 Å². The molecule has 1 fully saturated rings. The van der Waals surface area contributed by atoms with Gasteiger partial charge in [-0.15, -0.1) is 11.3 Å². The molecule has 2 heterocycles. The minimum atomic E-state index is -0.933. The van der Waals surface area contributed by atoms with Gasteiger partial charge in [0.2, 0.25) is 0 Å². The molecular formula is C14H15N3O2S. The zero-order valence-electron chi connectivity index (χ0n) is 10.9. The molecule has 0 radical (unpaired) electrons. The molecule has 6 heteroatoms. The van der Waals surface area contributed by atoms with E-state index in [2.05, 4.69) is 10.1 Å². The van der Waals surface area contributed by atoms with Gasteiger partial charge in [-0.3, -0.25) is 4.68 Å². The van der Waals surface area contributed by atoms with Crippen LogP contribution in [0.3, 0.4) is 0 Å². The Labute approximate surface area is 120 Å². The lowest BCUT2D eigenvalue weighted by atomic mass is 9.85. The van der Waals surface area contributed by atoms with Crippen molar-refractivity contribution in [2.45, 2.75) is 25.8 Å². The zero-order valence-corrected chi connectivity index (χ0v) is 11.7. The van der Waals surface area contributed by atoms with Crippen LogP contribution in [0, 0.1) is 5.92 Å². The Morgan fingerprint density at radius 3 is 3.00 bits per heavy atom. The Balaban J connectivity index is 1.71. The summed E-state index contributed by atoms with van der Waals surface area (Å²) in [4.78, 5) is 15.1. The lowest BCUT2D eigenvalue weighted by Gasteiger charge is -2.25. The average molecular weight is 289 g/mol. The fraction of sp³-hybridized carbons (Fsp3) is 0.357. The maximum atomic E-state index is 10.8. The van der Waals surface area contributed by atoms with Gasteiger partial charge >= 0.3 is 5.97 Å². The van der Waals surface area contributed by atoms with Crippen molar-refractivity contribution < 1.29 is 9.90 Å². The third-order valence-corrected chi connectivity index (χ3v) is 4.49. The molecule has 104 valence electrons. The van der Waals surface area contributed by atoms with E-state index in [4.69, 9.17) is 5.11 Å². The SMILES string of the molecule is O=C(O)c1cnc(/C=C/c2ccnn2CC2CCC2)s1. The van der Waals surface area contributed by atoms with Gasteiger partial charge in [0.15, 0.2) is 0 Å². The van der Waals surface area contributed by atoms with Gasteiger partial charge in [-0.2, -0.15) is 5.10 Å². The Morgan fingerprint density at radius 2 is 2.35 bits per heavy atom. The van der Waals surface area contributed by atoms with E-state index in [1.54, 1.807) is 6.20 Å². The molecule has 0 aromatic carbocycles. The summed E-state index contributed by atoms with van der Waals surface area (Å²) in [7, 11) is 0. The molecule has 0 unspecified atom stereocenters. The van der Waals surface area contributed by atoms with Crippen LogP contribution < -0.4 is 0 Å². The Hall–Kier alpha value is -1.95. The predicted octanol–water partition coefficient (Wildman–Crippen LogP) is 3.01. The molecule has 2 aromatic rings. The number of carbonyl (C=O) groups is 1. The van der Waals surface area contributed by atoms with Crippen molar-refractivity contribution in [1.29, 1.82) is 0 Å². The topological polar surface area (TPSA) is 68.0 Å². The Bertz CT molecular complexity index is 640. The molecule has 0 amide bonds. The first-order valence-electron chi connectivity index (χ1n) is 6.61. The molecule has 0 bridgehead atoms. The number of carboxylic acid groups (broad SMARTS) is 1. The van der Waals surface area contributed by atoms with Gasteiger partial charge in [0.25, 0.3) is 0 Å². The molecule has 1 aliphatic rings. The first-order valence-corrected chi connectivity index (χ1v) is 7.43. The van der Waals surface area contributed by atoms with E-state index in [-0.39, 0.29) is 4.88 Å². The van der Waals surface area contributed by atoms with Gasteiger partial charge in [-0.05, 0) is 37.0 Å². The van der Waals surface area contributed by atoms with Gasteiger partial charge in [0, 0.05) is 12.7 Å². The summed E-state index contributed by atoms with van der Waals surface area (Å²) in [5.41, 5.74) is 1.03. The molecule has 2 aromatic heterocycles. The van der Waals surface area contributed by atoms with E-state index in [9.17, 15) is 4.79 Å². The average Bonchev–Trinajstić information content (AvgIpc) is 3.00. The van der Waals surface area contributed by atoms with Gasteiger partial charge in [-0.25, -0.2) is 9.78 Å². The van der Waals surface area contributed by atoms with Crippen LogP contribution in [0.1, 0.15) is 39.6 Å². The van der Waals surface area contributed by atoms with E-state index < -0.39 is 5.97 Å². The summed E-state index contributed by atoms with van der Waals surface area (Å²) in [6.07, 6.45) is 10.9. The molecule has 0 saturated heterocycles. The Morgan fingerprint density at radius 1 is 1.50 bits per heavy atom. The summed E-state index contributed by atoms with van der Waals surface area (Å²) < 4.78 is 2.01. The molecule has 1 saturated carbocycles. The summed E-state index contributed by atoms with van der Waals surface area (Å²) in [6, 6.07) is 1.96.